The van der Waals surface area contributed by atoms with E-state index in [0.717, 1.165) is 37.2 Å². The normalized spacial score (nSPS) is 14.5. The number of carbonyl (C=O) groups excluding carboxylic acids is 1. The van der Waals surface area contributed by atoms with Crippen LogP contribution in [-0.4, -0.2) is 47.8 Å². The number of benzene rings is 2. The van der Waals surface area contributed by atoms with Crippen LogP contribution in [0.5, 0.6) is 28.9 Å². The van der Waals surface area contributed by atoms with Gasteiger partial charge in [-0.05, 0) is 49.2 Å². The van der Waals surface area contributed by atoms with Crippen molar-refractivity contribution in [2.24, 2.45) is 0 Å². The number of rotatable bonds is 5. The SMILES string of the molecule is COc1ccc(-c2ncc(C(=O)N3CCCC3)c(Oc3ccc4c(c3)OCO4)n2)cc1. The summed E-state index contributed by atoms with van der Waals surface area (Å²) < 4.78 is 22.1. The number of fused-ring (bicyclic) bond motifs is 1. The van der Waals surface area contributed by atoms with Gasteiger partial charge in [-0.15, -0.1) is 0 Å². The molecule has 8 nitrogen and oxygen atoms in total. The topological polar surface area (TPSA) is 83.0 Å². The van der Waals surface area contributed by atoms with Gasteiger partial charge in [0.25, 0.3) is 5.91 Å². The number of methoxy groups -OCH3 is 1. The number of carbonyl (C=O) groups is 1. The van der Waals surface area contributed by atoms with Crippen molar-refractivity contribution in [3.8, 4) is 40.3 Å². The average molecular weight is 419 g/mol. The van der Waals surface area contributed by atoms with E-state index in [1.165, 1.54) is 6.20 Å². The third-order valence-electron chi connectivity index (χ3n) is 5.28. The first-order chi connectivity index (χ1) is 15.2. The van der Waals surface area contributed by atoms with Gasteiger partial charge in [-0.3, -0.25) is 4.79 Å². The molecule has 1 aromatic heterocycles. The van der Waals surface area contributed by atoms with E-state index in [9.17, 15) is 4.79 Å². The van der Waals surface area contributed by atoms with E-state index in [4.69, 9.17) is 18.9 Å². The van der Waals surface area contributed by atoms with Gasteiger partial charge in [-0.25, -0.2) is 4.98 Å². The fourth-order valence-electron chi connectivity index (χ4n) is 3.61. The van der Waals surface area contributed by atoms with Crippen LogP contribution in [0.3, 0.4) is 0 Å². The lowest BCUT2D eigenvalue weighted by atomic mass is 10.2. The summed E-state index contributed by atoms with van der Waals surface area (Å²) in [4.78, 5) is 23.9. The molecule has 2 aliphatic heterocycles. The highest BCUT2D eigenvalue weighted by molar-refractivity contribution is 5.96. The van der Waals surface area contributed by atoms with Crippen molar-refractivity contribution >= 4 is 5.91 Å². The third kappa shape index (κ3) is 3.84. The van der Waals surface area contributed by atoms with E-state index in [2.05, 4.69) is 9.97 Å². The van der Waals surface area contributed by atoms with Crippen LogP contribution in [-0.2, 0) is 0 Å². The lowest BCUT2D eigenvalue weighted by molar-refractivity contribution is 0.0789. The van der Waals surface area contributed by atoms with Gasteiger partial charge in [-0.1, -0.05) is 0 Å². The second-order valence-electron chi connectivity index (χ2n) is 7.26. The van der Waals surface area contributed by atoms with Gasteiger partial charge in [0.2, 0.25) is 12.7 Å². The molecule has 5 rings (SSSR count). The van der Waals surface area contributed by atoms with Crippen LogP contribution >= 0.6 is 0 Å². The average Bonchev–Trinajstić information content (AvgIpc) is 3.51. The molecule has 0 radical (unpaired) electrons. The Morgan fingerprint density at radius 1 is 1.00 bits per heavy atom. The molecule has 8 heteroatoms. The summed E-state index contributed by atoms with van der Waals surface area (Å²) in [5, 5.41) is 0. The molecule has 1 saturated heterocycles. The highest BCUT2D eigenvalue weighted by Crippen LogP contribution is 2.37. The second-order valence-corrected chi connectivity index (χ2v) is 7.26. The van der Waals surface area contributed by atoms with Crippen LogP contribution in [0.1, 0.15) is 23.2 Å². The van der Waals surface area contributed by atoms with Crippen molar-refractivity contribution in [3.05, 3.63) is 54.2 Å². The van der Waals surface area contributed by atoms with E-state index in [1.807, 2.05) is 24.3 Å². The molecule has 0 saturated carbocycles. The summed E-state index contributed by atoms with van der Waals surface area (Å²) in [6, 6.07) is 12.6. The van der Waals surface area contributed by atoms with Crippen molar-refractivity contribution in [1.29, 1.82) is 0 Å². The fourth-order valence-corrected chi connectivity index (χ4v) is 3.61. The quantitative estimate of drug-likeness (QED) is 0.620. The first-order valence-electron chi connectivity index (χ1n) is 10.1. The predicted octanol–water partition coefficient (Wildman–Crippen LogP) is 3.91. The monoisotopic (exact) mass is 419 g/mol. The molecule has 3 heterocycles. The van der Waals surface area contributed by atoms with E-state index in [1.54, 1.807) is 30.2 Å². The molecule has 0 N–H and O–H groups in total. The van der Waals surface area contributed by atoms with Crippen LogP contribution in [0.2, 0.25) is 0 Å². The van der Waals surface area contributed by atoms with Gasteiger partial charge >= 0.3 is 0 Å². The van der Waals surface area contributed by atoms with Crippen molar-refractivity contribution in [3.63, 3.8) is 0 Å². The van der Waals surface area contributed by atoms with Crippen molar-refractivity contribution in [1.82, 2.24) is 14.9 Å². The largest absolute Gasteiger partial charge is 0.497 e. The summed E-state index contributed by atoms with van der Waals surface area (Å²) in [6.45, 7) is 1.62. The zero-order valence-electron chi connectivity index (χ0n) is 17.0. The molecule has 0 atom stereocenters. The van der Waals surface area contributed by atoms with Crippen LogP contribution in [0, 0.1) is 0 Å². The number of nitrogens with zero attached hydrogens (tertiary/aromatic N) is 3. The second kappa shape index (κ2) is 8.14. The number of hydrogen-bond donors (Lipinski definition) is 0. The maximum atomic E-state index is 13.1. The molecule has 0 spiro atoms. The highest BCUT2D eigenvalue weighted by Gasteiger charge is 2.25. The van der Waals surface area contributed by atoms with Gasteiger partial charge in [0, 0.05) is 30.9 Å². The number of likely N-dealkylation sites (tertiary alicyclic amines) is 1. The van der Waals surface area contributed by atoms with Gasteiger partial charge in [0.15, 0.2) is 17.3 Å². The Balaban J connectivity index is 1.51. The van der Waals surface area contributed by atoms with Crippen LogP contribution in [0.25, 0.3) is 11.4 Å². The van der Waals surface area contributed by atoms with Crippen molar-refractivity contribution in [2.45, 2.75) is 12.8 Å². The molecule has 0 aliphatic carbocycles. The summed E-state index contributed by atoms with van der Waals surface area (Å²) >= 11 is 0. The van der Waals surface area contributed by atoms with Crippen LogP contribution in [0.15, 0.2) is 48.7 Å². The fraction of sp³-hybridized carbons (Fsp3) is 0.261. The Morgan fingerprint density at radius 3 is 2.52 bits per heavy atom. The molecule has 0 bridgehead atoms. The Hall–Kier alpha value is -3.81. The molecular weight excluding hydrogens is 398 g/mol. The number of ether oxygens (including phenoxy) is 4. The minimum atomic E-state index is -0.130. The molecular formula is C23H21N3O5. The standard InChI is InChI=1S/C23H21N3O5/c1-28-16-6-4-15(5-7-16)21-24-13-18(23(27)26-10-2-3-11-26)22(25-21)31-17-8-9-19-20(12-17)30-14-29-19/h4-9,12-13H,2-3,10-11,14H2,1H3. The lowest BCUT2D eigenvalue weighted by Gasteiger charge is -2.17. The minimum Gasteiger partial charge on any atom is -0.497 e. The smallest absolute Gasteiger partial charge is 0.260 e. The maximum absolute atomic E-state index is 13.1. The van der Waals surface area contributed by atoms with Crippen molar-refractivity contribution < 1.29 is 23.7 Å². The number of amides is 1. The van der Waals surface area contributed by atoms with Gasteiger partial charge in [0.05, 0.1) is 7.11 Å². The molecule has 2 aromatic carbocycles. The summed E-state index contributed by atoms with van der Waals surface area (Å²) in [5.74, 6) is 3.01. The van der Waals surface area contributed by atoms with Crippen molar-refractivity contribution in [2.75, 3.05) is 27.0 Å². The Morgan fingerprint density at radius 2 is 1.74 bits per heavy atom. The van der Waals surface area contributed by atoms with Gasteiger partial charge < -0.3 is 23.8 Å². The number of hydrogen-bond acceptors (Lipinski definition) is 7. The Labute approximate surface area is 179 Å². The third-order valence-corrected chi connectivity index (χ3v) is 5.28. The van der Waals surface area contributed by atoms with Gasteiger partial charge in [-0.2, -0.15) is 4.98 Å². The van der Waals surface area contributed by atoms with Gasteiger partial charge in [0.1, 0.15) is 17.1 Å². The lowest BCUT2D eigenvalue weighted by Crippen LogP contribution is -2.28. The zero-order valence-corrected chi connectivity index (χ0v) is 17.0. The maximum Gasteiger partial charge on any atom is 0.260 e. The summed E-state index contributed by atoms with van der Waals surface area (Å²) in [6.07, 6.45) is 3.53. The van der Waals surface area contributed by atoms with E-state index < -0.39 is 0 Å². The Kier molecular flexibility index (Phi) is 5.03. The predicted molar refractivity (Wildman–Crippen MR) is 112 cm³/mol. The summed E-state index contributed by atoms with van der Waals surface area (Å²) in [7, 11) is 1.61. The molecule has 31 heavy (non-hydrogen) atoms. The summed E-state index contributed by atoms with van der Waals surface area (Å²) in [5.41, 5.74) is 1.12. The first kappa shape index (κ1) is 19.2. The molecule has 158 valence electrons. The zero-order chi connectivity index (χ0) is 21.2. The molecule has 0 unspecified atom stereocenters. The van der Waals surface area contributed by atoms with E-state index >= 15 is 0 Å². The van der Waals surface area contributed by atoms with Crippen LogP contribution < -0.4 is 18.9 Å². The van der Waals surface area contributed by atoms with Crippen LogP contribution in [0.4, 0.5) is 0 Å². The molecule has 3 aromatic rings. The minimum absolute atomic E-state index is 0.130. The first-order valence-corrected chi connectivity index (χ1v) is 10.1. The Bertz CT molecular complexity index is 1110. The molecule has 1 amide bonds. The molecule has 2 aliphatic rings. The van der Waals surface area contributed by atoms with E-state index in [-0.39, 0.29) is 18.6 Å². The van der Waals surface area contributed by atoms with E-state index in [0.29, 0.717) is 28.6 Å². The molecule has 1 fully saturated rings. The highest BCUT2D eigenvalue weighted by atomic mass is 16.7. The number of aromatic nitrogens is 2.